The molecule has 86 valence electrons. The van der Waals surface area contributed by atoms with E-state index in [0.29, 0.717) is 0 Å². The van der Waals surface area contributed by atoms with E-state index in [-0.39, 0.29) is 23.8 Å². The van der Waals surface area contributed by atoms with Crippen LogP contribution < -0.4 is 5.32 Å². The highest BCUT2D eigenvalue weighted by Gasteiger charge is 2.52. The first-order valence-corrected chi connectivity index (χ1v) is 6.02. The molecule has 2 aliphatic rings. The molecule has 6 heteroatoms. The van der Waals surface area contributed by atoms with Crippen molar-refractivity contribution in [1.29, 1.82) is 0 Å². The maximum absolute atomic E-state index is 9.75. The van der Waals surface area contributed by atoms with Crippen molar-refractivity contribution in [2.45, 2.75) is 30.4 Å². The average Bonchev–Trinajstić information content (AvgIpc) is 2.70. The van der Waals surface area contributed by atoms with Crippen molar-refractivity contribution in [3.63, 3.8) is 0 Å². The summed E-state index contributed by atoms with van der Waals surface area (Å²) in [5.74, 6) is -0.282. The number of aliphatic hydroxyl groups is 3. The highest BCUT2D eigenvalue weighted by Crippen LogP contribution is 2.42. The predicted molar refractivity (Wildman–Crippen MR) is 58.9 cm³/mol. The first-order valence-electron chi connectivity index (χ1n) is 5.14. The molecule has 5 nitrogen and oxygen atoms in total. The molecule has 1 saturated carbocycles. The van der Waals surface area contributed by atoms with E-state index in [1.54, 1.807) is 0 Å². The lowest BCUT2D eigenvalue weighted by molar-refractivity contribution is 0.00329. The SMILES string of the molecule is CCNC1=N[C@@H]2[C@@H](O)[C@H](O)[C@@H](CO)[C@@H]2S1. The summed E-state index contributed by atoms with van der Waals surface area (Å²) in [6, 6.07) is -0.281. The summed E-state index contributed by atoms with van der Waals surface area (Å²) in [5, 5.41) is 32.5. The third-order valence-electron chi connectivity index (χ3n) is 2.95. The highest BCUT2D eigenvalue weighted by atomic mass is 32.2. The van der Waals surface area contributed by atoms with Gasteiger partial charge in [0.2, 0.25) is 0 Å². The van der Waals surface area contributed by atoms with Crippen molar-refractivity contribution in [2.24, 2.45) is 10.9 Å². The van der Waals surface area contributed by atoms with Gasteiger partial charge in [-0.25, -0.2) is 0 Å². The number of aliphatic imine (C=N–C) groups is 1. The molecule has 0 bridgehead atoms. The van der Waals surface area contributed by atoms with Crippen LogP contribution in [0.15, 0.2) is 4.99 Å². The van der Waals surface area contributed by atoms with E-state index in [1.165, 1.54) is 11.8 Å². The Labute approximate surface area is 92.6 Å². The van der Waals surface area contributed by atoms with Crippen LogP contribution in [0.1, 0.15) is 6.92 Å². The Morgan fingerprint density at radius 1 is 1.40 bits per heavy atom. The van der Waals surface area contributed by atoms with E-state index in [0.717, 1.165) is 11.7 Å². The minimum absolute atomic E-state index is 0.00551. The van der Waals surface area contributed by atoms with Gasteiger partial charge in [0.1, 0.15) is 6.10 Å². The molecule has 0 aromatic carbocycles. The monoisotopic (exact) mass is 232 g/mol. The Kier molecular flexibility index (Phi) is 3.20. The van der Waals surface area contributed by atoms with Gasteiger partial charge in [0.25, 0.3) is 0 Å². The van der Waals surface area contributed by atoms with Crippen LogP contribution in [0.5, 0.6) is 0 Å². The molecule has 0 spiro atoms. The van der Waals surface area contributed by atoms with Gasteiger partial charge in [0, 0.05) is 24.3 Å². The Morgan fingerprint density at radius 2 is 2.13 bits per heavy atom. The van der Waals surface area contributed by atoms with Crippen LogP contribution in [-0.4, -0.2) is 57.1 Å². The smallest absolute Gasteiger partial charge is 0.157 e. The minimum atomic E-state index is -0.857. The van der Waals surface area contributed by atoms with Crippen molar-refractivity contribution in [1.82, 2.24) is 5.32 Å². The van der Waals surface area contributed by atoms with Gasteiger partial charge in [0.15, 0.2) is 5.17 Å². The highest BCUT2D eigenvalue weighted by molar-refractivity contribution is 8.14. The van der Waals surface area contributed by atoms with Gasteiger partial charge in [-0.2, -0.15) is 0 Å². The number of nitrogens with one attached hydrogen (secondary N) is 1. The third kappa shape index (κ3) is 1.75. The molecule has 15 heavy (non-hydrogen) atoms. The Bertz CT molecular complexity index is 274. The van der Waals surface area contributed by atoms with Crippen LogP contribution >= 0.6 is 11.8 Å². The zero-order chi connectivity index (χ0) is 11.0. The van der Waals surface area contributed by atoms with E-state index in [9.17, 15) is 10.2 Å². The lowest BCUT2D eigenvalue weighted by atomic mass is 10.1. The Hall–Kier alpha value is -0.300. The van der Waals surface area contributed by atoms with E-state index >= 15 is 0 Å². The average molecular weight is 232 g/mol. The van der Waals surface area contributed by atoms with Crippen molar-refractivity contribution in [3.8, 4) is 0 Å². The number of nitrogens with zero attached hydrogens (tertiary/aromatic N) is 1. The molecular weight excluding hydrogens is 216 g/mol. The second-order valence-electron chi connectivity index (χ2n) is 3.87. The van der Waals surface area contributed by atoms with Crippen LogP contribution in [0.3, 0.4) is 0 Å². The topological polar surface area (TPSA) is 85.1 Å². The Morgan fingerprint density at radius 3 is 2.73 bits per heavy atom. The fourth-order valence-corrected chi connectivity index (χ4v) is 3.60. The molecule has 1 heterocycles. The van der Waals surface area contributed by atoms with Gasteiger partial charge in [-0.1, -0.05) is 11.8 Å². The quantitative estimate of drug-likeness (QED) is 0.479. The molecule has 0 radical (unpaired) electrons. The fraction of sp³-hybridized carbons (Fsp3) is 0.889. The van der Waals surface area contributed by atoms with Crippen LogP contribution in [0.2, 0.25) is 0 Å². The van der Waals surface area contributed by atoms with E-state index in [4.69, 9.17) is 5.11 Å². The van der Waals surface area contributed by atoms with Crippen molar-refractivity contribution < 1.29 is 15.3 Å². The summed E-state index contributed by atoms with van der Waals surface area (Å²) < 4.78 is 0. The number of fused-ring (bicyclic) bond motifs is 1. The number of amidine groups is 1. The molecule has 0 aromatic heterocycles. The second-order valence-corrected chi connectivity index (χ2v) is 5.03. The van der Waals surface area contributed by atoms with Gasteiger partial charge < -0.3 is 20.6 Å². The van der Waals surface area contributed by atoms with Gasteiger partial charge in [-0.05, 0) is 6.92 Å². The Balaban J connectivity index is 2.11. The minimum Gasteiger partial charge on any atom is -0.396 e. The maximum Gasteiger partial charge on any atom is 0.157 e. The summed E-state index contributed by atoms with van der Waals surface area (Å²) in [6.07, 6.45) is -1.71. The zero-order valence-electron chi connectivity index (χ0n) is 8.50. The van der Waals surface area contributed by atoms with Crippen molar-refractivity contribution in [3.05, 3.63) is 0 Å². The number of aliphatic hydroxyl groups excluding tert-OH is 3. The van der Waals surface area contributed by atoms with Gasteiger partial charge in [-0.15, -0.1) is 0 Å². The van der Waals surface area contributed by atoms with E-state index in [2.05, 4.69) is 10.3 Å². The molecule has 0 aromatic rings. The molecule has 2 rings (SSSR count). The number of hydrogen-bond acceptors (Lipinski definition) is 6. The fourth-order valence-electron chi connectivity index (χ4n) is 2.15. The van der Waals surface area contributed by atoms with Gasteiger partial charge >= 0.3 is 0 Å². The van der Waals surface area contributed by atoms with Gasteiger partial charge in [-0.3, -0.25) is 4.99 Å². The van der Waals surface area contributed by atoms with Crippen molar-refractivity contribution in [2.75, 3.05) is 13.2 Å². The lowest BCUT2D eigenvalue weighted by Gasteiger charge is -2.17. The molecule has 0 amide bonds. The number of hydrogen-bond donors (Lipinski definition) is 4. The largest absolute Gasteiger partial charge is 0.396 e. The first kappa shape index (κ1) is 11.2. The zero-order valence-corrected chi connectivity index (χ0v) is 9.31. The van der Waals surface area contributed by atoms with Crippen LogP contribution in [0.25, 0.3) is 0 Å². The summed E-state index contributed by atoms with van der Waals surface area (Å²) in [5.41, 5.74) is 0. The molecule has 4 N–H and O–H groups in total. The molecule has 5 atom stereocenters. The second kappa shape index (κ2) is 4.29. The number of thioether (sulfide) groups is 1. The molecule has 0 saturated heterocycles. The molecule has 0 unspecified atom stereocenters. The van der Waals surface area contributed by atoms with E-state index < -0.39 is 12.2 Å². The van der Waals surface area contributed by atoms with Crippen LogP contribution in [-0.2, 0) is 0 Å². The lowest BCUT2D eigenvalue weighted by Crippen LogP contribution is -2.32. The maximum atomic E-state index is 9.75. The first-order chi connectivity index (χ1) is 7.19. The van der Waals surface area contributed by atoms with E-state index in [1.807, 2.05) is 6.92 Å². The normalized spacial score (nSPS) is 44.0. The standard InChI is InChI=1S/C9H16N2O3S/c1-2-10-9-11-5-7(14)6(13)4(3-12)8(5)15-9/h4-8,12-14H,2-3H2,1H3,(H,10,11)/t4-,5-,6-,7-,8+/m1/s1. The summed E-state index contributed by atoms with van der Waals surface area (Å²) in [7, 11) is 0. The summed E-state index contributed by atoms with van der Waals surface area (Å²) >= 11 is 1.50. The third-order valence-corrected chi connectivity index (χ3v) is 4.32. The molecule has 1 aliphatic carbocycles. The van der Waals surface area contributed by atoms with Gasteiger partial charge in [0.05, 0.1) is 12.1 Å². The molecule has 1 fully saturated rings. The molecular formula is C9H16N2O3S. The summed E-state index contributed by atoms with van der Waals surface area (Å²) in [6.45, 7) is 2.65. The molecule has 1 aliphatic heterocycles. The van der Waals surface area contributed by atoms with Crippen molar-refractivity contribution >= 4 is 16.9 Å². The predicted octanol–water partition coefficient (Wildman–Crippen LogP) is -1.22. The number of rotatable bonds is 2. The van der Waals surface area contributed by atoms with Crippen LogP contribution in [0.4, 0.5) is 0 Å². The van der Waals surface area contributed by atoms with Crippen LogP contribution in [0, 0.1) is 5.92 Å². The summed E-state index contributed by atoms with van der Waals surface area (Å²) in [4.78, 5) is 4.32.